The minimum atomic E-state index is -4.61. The monoisotopic (exact) mass is 291 g/mol. The Morgan fingerprint density at radius 3 is 2.20 bits per heavy atom. The molecule has 0 fully saturated rings. The van der Waals surface area contributed by atoms with E-state index in [-0.39, 0.29) is 17.1 Å². The molecule has 4 N–H and O–H groups in total. The Labute approximate surface area is 116 Å². The fraction of sp³-hybridized carbons (Fsp3) is 0.667. The Balaban J connectivity index is 2.96. The molecule has 0 saturated heterocycles. The maximum Gasteiger partial charge on any atom is 0.451 e. The highest BCUT2D eigenvalue weighted by Gasteiger charge is 2.35. The van der Waals surface area contributed by atoms with Crippen molar-refractivity contribution in [3.63, 3.8) is 0 Å². The maximum atomic E-state index is 12.7. The minimum Gasteiger partial charge on any atom is -0.369 e. The molecule has 0 aliphatic rings. The Morgan fingerprint density at radius 1 is 1.20 bits per heavy atom. The molecule has 0 spiro atoms. The first-order valence-corrected chi connectivity index (χ1v) is 6.23. The van der Waals surface area contributed by atoms with Gasteiger partial charge in [0, 0.05) is 12.6 Å². The summed E-state index contributed by atoms with van der Waals surface area (Å²) in [5.41, 5.74) is 2.02. The van der Waals surface area contributed by atoms with Gasteiger partial charge in [-0.1, -0.05) is 27.7 Å². The molecule has 0 aliphatic heterocycles. The van der Waals surface area contributed by atoms with Gasteiger partial charge in [-0.2, -0.15) is 13.2 Å². The minimum absolute atomic E-state index is 0.0837. The number of halogens is 3. The molecule has 1 rings (SSSR count). The van der Waals surface area contributed by atoms with Crippen LogP contribution in [0.15, 0.2) is 6.07 Å². The van der Waals surface area contributed by atoms with Crippen LogP contribution in [0, 0.1) is 11.3 Å². The molecule has 0 aromatic carbocycles. The lowest BCUT2D eigenvalue weighted by atomic mass is 9.81. The highest BCUT2D eigenvalue weighted by atomic mass is 19.4. The lowest BCUT2D eigenvalue weighted by Crippen LogP contribution is -2.29. The third kappa shape index (κ3) is 4.22. The number of anilines is 2. The van der Waals surface area contributed by atoms with Crippen LogP contribution in [-0.4, -0.2) is 16.5 Å². The normalized spacial score (nSPS) is 12.7. The third-order valence-corrected chi connectivity index (χ3v) is 3.42. The van der Waals surface area contributed by atoms with Crippen molar-refractivity contribution in [2.24, 2.45) is 17.2 Å². The van der Waals surface area contributed by atoms with Gasteiger partial charge in [0.05, 0.1) is 0 Å². The number of nitrogen functional groups attached to an aromatic ring is 1. The first-order chi connectivity index (χ1) is 9.06. The summed E-state index contributed by atoms with van der Waals surface area (Å²) in [6, 6.07) is 1.34. The van der Waals surface area contributed by atoms with Crippen LogP contribution in [0.2, 0.25) is 0 Å². The second-order valence-corrected chi connectivity index (χ2v) is 5.60. The molecular formula is C12H20F3N5. The van der Waals surface area contributed by atoms with Crippen molar-refractivity contribution >= 4 is 11.6 Å². The molecule has 5 nitrogen and oxygen atoms in total. The summed E-state index contributed by atoms with van der Waals surface area (Å²) in [5.74, 6) is 4.27. The molecule has 1 heterocycles. The topological polar surface area (TPSA) is 75.9 Å². The number of alkyl halides is 3. The van der Waals surface area contributed by atoms with Gasteiger partial charge in [-0.05, 0) is 11.3 Å². The highest BCUT2D eigenvalue weighted by molar-refractivity contribution is 5.47. The number of nitrogens with two attached hydrogens (primary N) is 1. The summed E-state index contributed by atoms with van der Waals surface area (Å²) in [6.45, 7) is 8.64. The molecule has 1 aromatic rings. The van der Waals surface area contributed by atoms with Gasteiger partial charge in [0.25, 0.3) is 0 Å². The van der Waals surface area contributed by atoms with Crippen molar-refractivity contribution in [3.05, 3.63) is 11.9 Å². The molecule has 0 radical (unpaired) electrons. The second-order valence-electron chi connectivity index (χ2n) is 5.60. The van der Waals surface area contributed by atoms with E-state index in [4.69, 9.17) is 5.84 Å². The zero-order valence-electron chi connectivity index (χ0n) is 12.0. The molecule has 0 unspecified atom stereocenters. The molecule has 0 atom stereocenters. The van der Waals surface area contributed by atoms with Crippen molar-refractivity contribution in [1.29, 1.82) is 0 Å². The van der Waals surface area contributed by atoms with E-state index >= 15 is 0 Å². The largest absolute Gasteiger partial charge is 0.451 e. The molecule has 0 saturated carbocycles. The highest BCUT2D eigenvalue weighted by Crippen LogP contribution is 2.29. The van der Waals surface area contributed by atoms with E-state index in [1.807, 2.05) is 13.8 Å². The zero-order chi connectivity index (χ0) is 15.6. The summed E-state index contributed by atoms with van der Waals surface area (Å²) in [6.07, 6.45) is -4.61. The van der Waals surface area contributed by atoms with E-state index in [0.29, 0.717) is 12.5 Å². The Kier molecular flexibility index (Phi) is 4.80. The molecule has 0 amide bonds. The van der Waals surface area contributed by atoms with Crippen molar-refractivity contribution in [2.45, 2.75) is 33.9 Å². The van der Waals surface area contributed by atoms with Gasteiger partial charge in [-0.25, -0.2) is 15.8 Å². The van der Waals surface area contributed by atoms with Gasteiger partial charge >= 0.3 is 6.18 Å². The lowest BCUT2D eigenvalue weighted by molar-refractivity contribution is -0.144. The molecular weight excluding hydrogens is 271 g/mol. The smallest absolute Gasteiger partial charge is 0.369 e. The summed E-state index contributed by atoms with van der Waals surface area (Å²) >= 11 is 0. The van der Waals surface area contributed by atoms with E-state index < -0.39 is 12.0 Å². The molecule has 114 valence electrons. The number of hydrazine groups is 1. The molecule has 0 bridgehead atoms. The summed E-state index contributed by atoms with van der Waals surface area (Å²) in [7, 11) is 0. The average molecular weight is 291 g/mol. The first kappa shape index (κ1) is 16.5. The van der Waals surface area contributed by atoms with Gasteiger partial charge in [-0.3, -0.25) is 0 Å². The maximum absolute atomic E-state index is 12.7. The van der Waals surface area contributed by atoms with Crippen molar-refractivity contribution in [2.75, 3.05) is 17.3 Å². The molecule has 8 heteroatoms. The standard InChI is InChI=1S/C12H20F3N5/c1-7(2)11(3,4)6-17-8-5-9(20-16)19-10(18-8)12(13,14)15/h5,7H,6,16H2,1-4H3,(H2,17,18,19,20). The van der Waals surface area contributed by atoms with Gasteiger partial charge in [0.2, 0.25) is 5.82 Å². The van der Waals surface area contributed by atoms with Crippen molar-refractivity contribution in [3.8, 4) is 0 Å². The quantitative estimate of drug-likeness (QED) is 0.574. The molecule has 0 aliphatic carbocycles. The van der Waals surface area contributed by atoms with Crippen LogP contribution >= 0.6 is 0 Å². The predicted octanol–water partition coefficient (Wildman–Crippen LogP) is 2.88. The van der Waals surface area contributed by atoms with Gasteiger partial charge < -0.3 is 10.7 Å². The van der Waals surface area contributed by atoms with Crippen LogP contribution in [-0.2, 0) is 6.18 Å². The number of nitrogens with one attached hydrogen (secondary N) is 2. The third-order valence-electron chi connectivity index (χ3n) is 3.42. The molecule has 1 aromatic heterocycles. The number of aromatic nitrogens is 2. The summed E-state index contributed by atoms with van der Waals surface area (Å²) < 4.78 is 38.0. The first-order valence-electron chi connectivity index (χ1n) is 6.23. The van der Waals surface area contributed by atoms with E-state index in [1.54, 1.807) is 0 Å². The van der Waals surface area contributed by atoms with Gasteiger partial charge in [0.15, 0.2) is 0 Å². The number of nitrogens with zero attached hydrogens (tertiary/aromatic N) is 2. The van der Waals surface area contributed by atoms with Gasteiger partial charge in [-0.15, -0.1) is 0 Å². The van der Waals surface area contributed by atoms with E-state index in [9.17, 15) is 13.2 Å². The predicted molar refractivity (Wildman–Crippen MR) is 72.0 cm³/mol. The lowest BCUT2D eigenvalue weighted by Gasteiger charge is -2.29. The van der Waals surface area contributed by atoms with Crippen LogP contribution in [0.3, 0.4) is 0 Å². The van der Waals surface area contributed by atoms with Crippen LogP contribution < -0.4 is 16.6 Å². The van der Waals surface area contributed by atoms with Gasteiger partial charge in [0.1, 0.15) is 11.6 Å². The average Bonchev–Trinajstić information content (AvgIpc) is 2.34. The van der Waals surface area contributed by atoms with Crippen molar-refractivity contribution < 1.29 is 13.2 Å². The number of rotatable bonds is 5. The Hall–Kier alpha value is -1.57. The van der Waals surface area contributed by atoms with E-state index in [0.717, 1.165) is 0 Å². The SMILES string of the molecule is CC(C)C(C)(C)CNc1cc(NN)nc(C(F)(F)F)n1. The Bertz CT molecular complexity index is 457. The zero-order valence-corrected chi connectivity index (χ0v) is 12.0. The van der Waals surface area contributed by atoms with Crippen LogP contribution in [0.5, 0.6) is 0 Å². The number of hydrogen-bond acceptors (Lipinski definition) is 5. The van der Waals surface area contributed by atoms with E-state index in [2.05, 4.69) is 34.6 Å². The summed E-state index contributed by atoms with van der Waals surface area (Å²) in [4.78, 5) is 6.76. The fourth-order valence-electron chi connectivity index (χ4n) is 1.26. The van der Waals surface area contributed by atoms with Crippen LogP contribution in [0.4, 0.5) is 24.8 Å². The fourth-order valence-corrected chi connectivity index (χ4v) is 1.26. The Morgan fingerprint density at radius 2 is 1.75 bits per heavy atom. The second kappa shape index (κ2) is 5.82. The van der Waals surface area contributed by atoms with Crippen LogP contribution in [0.1, 0.15) is 33.5 Å². The van der Waals surface area contributed by atoms with Crippen LogP contribution in [0.25, 0.3) is 0 Å². The summed E-state index contributed by atoms with van der Waals surface area (Å²) in [5, 5.41) is 2.91. The van der Waals surface area contributed by atoms with E-state index in [1.165, 1.54) is 6.07 Å². The number of hydrogen-bond donors (Lipinski definition) is 3. The van der Waals surface area contributed by atoms with Crippen molar-refractivity contribution in [1.82, 2.24) is 9.97 Å². The molecule has 20 heavy (non-hydrogen) atoms.